The zero-order valence-corrected chi connectivity index (χ0v) is 11.0. The monoisotopic (exact) mass is 288 g/mol. The van der Waals surface area contributed by atoms with Crippen molar-refractivity contribution < 1.29 is 8.78 Å². The van der Waals surface area contributed by atoms with Crippen LogP contribution in [0.25, 0.3) is 0 Å². The van der Waals surface area contributed by atoms with E-state index in [0.29, 0.717) is 29.4 Å². The van der Waals surface area contributed by atoms with Crippen molar-refractivity contribution in [1.29, 1.82) is 0 Å². The van der Waals surface area contributed by atoms with Crippen LogP contribution in [-0.2, 0) is 13.0 Å². The van der Waals surface area contributed by atoms with E-state index in [-0.39, 0.29) is 0 Å². The van der Waals surface area contributed by atoms with Gasteiger partial charge in [-0.2, -0.15) is 0 Å². The second-order valence-corrected chi connectivity index (χ2v) is 5.51. The van der Waals surface area contributed by atoms with Crippen molar-refractivity contribution in [3.63, 3.8) is 0 Å². The van der Waals surface area contributed by atoms with E-state index in [1.807, 2.05) is 0 Å². The van der Waals surface area contributed by atoms with Gasteiger partial charge in [0.25, 0.3) is 0 Å². The summed E-state index contributed by atoms with van der Waals surface area (Å²) >= 11 is 7.16. The third-order valence-corrected chi connectivity index (χ3v) is 3.43. The summed E-state index contributed by atoms with van der Waals surface area (Å²) in [7, 11) is 0. The molecular formula is C12H11ClF2N2S. The van der Waals surface area contributed by atoms with Gasteiger partial charge in [-0.3, -0.25) is 0 Å². The summed E-state index contributed by atoms with van der Waals surface area (Å²) in [6.45, 7) is 1.23. The Morgan fingerprint density at radius 2 is 1.94 bits per heavy atom. The molecule has 18 heavy (non-hydrogen) atoms. The van der Waals surface area contributed by atoms with Crippen molar-refractivity contribution >= 4 is 22.9 Å². The first-order valence-corrected chi connectivity index (χ1v) is 6.59. The molecule has 0 aliphatic carbocycles. The van der Waals surface area contributed by atoms with Crippen LogP contribution >= 0.6 is 22.9 Å². The molecule has 0 radical (unpaired) electrons. The number of nitrogens with one attached hydrogen (secondary N) is 1. The van der Waals surface area contributed by atoms with E-state index < -0.39 is 11.6 Å². The maximum absolute atomic E-state index is 12.9. The maximum atomic E-state index is 12.9. The molecule has 0 fully saturated rings. The van der Waals surface area contributed by atoms with Gasteiger partial charge >= 0.3 is 0 Å². The lowest BCUT2D eigenvalue weighted by Gasteiger charge is -2.03. The zero-order valence-electron chi connectivity index (χ0n) is 9.42. The van der Waals surface area contributed by atoms with Crippen LogP contribution in [0.2, 0.25) is 4.34 Å². The molecule has 0 saturated heterocycles. The predicted molar refractivity (Wildman–Crippen MR) is 68.9 cm³/mol. The number of aromatic nitrogens is 1. The van der Waals surface area contributed by atoms with Crippen molar-refractivity contribution in [2.45, 2.75) is 13.0 Å². The zero-order chi connectivity index (χ0) is 13.0. The Balaban J connectivity index is 1.78. The smallest absolute Gasteiger partial charge is 0.126 e. The number of halogens is 3. The van der Waals surface area contributed by atoms with Gasteiger partial charge in [-0.05, 0) is 30.7 Å². The standard InChI is InChI=1S/C12H11ClF2N2S/c13-11-6-17-12(18-11)7-16-2-1-8-3-9(14)5-10(15)4-8/h3-6,16H,1-2,7H2. The Bertz CT molecular complexity index is 510. The second kappa shape index (κ2) is 6.22. The molecule has 0 aliphatic heterocycles. The second-order valence-electron chi connectivity index (χ2n) is 3.76. The van der Waals surface area contributed by atoms with Gasteiger partial charge in [0.15, 0.2) is 0 Å². The number of benzene rings is 1. The average Bonchev–Trinajstić information content (AvgIpc) is 2.69. The van der Waals surface area contributed by atoms with Gasteiger partial charge in [0, 0.05) is 12.6 Å². The van der Waals surface area contributed by atoms with Crippen molar-refractivity contribution in [2.24, 2.45) is 0 Å². The molecule has 6 heteroatoms. The minimum Gasteiger partial charge on any atom is -0.310 e. The largest absolute Gasteiger partial charge is 0.310 e. The fourth-order valence-corrected chi connectivity index (χ4v) is 2.48. The summed E-state index contributed by atoms with van der Waals surface area (Å²) in [5, 5.41) is 4.04. The molecule has 0 bridgehead atoms. The summed E-state index contributed by atoms with van der Waals surface area (Å²) in [6, 6.07) is 3.55. The predicted octanol–water partition coefficient (Wildman–Crippen LogP) is 3.41. The highest BCUT2D eigenvalue weighted by Crippen LogP contribution is 2.17. The molecule has 0 atom stereocenters. The van der Waals surface area contributed by atoms with Gasteiger partial charge in [-0.25, -0.2) is 13.8 Å². The van der Waals surface area contributed by atoms with Gasteiger partial charge in [0.2, 0.25) is 0 Å². The first-order chi connectivity index (χ1) is 8.63. The van der Waals surface area contributed by atoms with Crippen LogP contribution in [0.5, 0.6) is 0 Å². The average molecular weight is 289 g/mol. The molecule has 1 aromatic heterocycles. The van der Waals surface area contributed by atoms with E-state index in [9.17, 15) is 8.78 Å². The first kappa shape index (κ1) is 13.4. The van der Waals surface area contributed by atoms with E-state index in [1.54, 1.807) is 6.20 Å². The van der Waals surface area contributed by atoms with Crippen molar-refractivity contribution in [3.05, 3.63) is 50.9 Å². The van der Waals surface area contributed by atoms with E-state index in [4.69, 9.17) is 11.6 Å². The molecule has 2 rings (SSSR count). The molecule has 1 heterocycles. The third-order valence-electron chi connectivity index (χ3n) is 2.31. The number of hydrogen-bond acceptors (Lipinski definition) is 3. The molecule has 96 valence electrons. The molecule has 2 nitrogen and oxygen atoms in total. The quantitative estimate of drug-likeness (QED) is 0.853. The normalized spacial score (nSPS) is 10.8. The topological polar surface area (TPSA) is 24.9 Å². The lowest BCUT2D eigenvalue weighted by Crippen LogP contribution is -2.16. The van der Waals surface area contributed by atoms with Crippen molar-refractivity contribution in [3.8, 4) is 0 Å². The Hall–Kier alpha value is -1.04. The van der Waals surface area contributed by atoms with Crippen molar-refractivity contribution in [2.75, 3.05) is 6.54 Å². The van der Waals surface area contributed by atoms with Gasteiger partial charge in [0.05, 0.1) is 6.20 Å². The minimum atomic E-state index is -0.545. The highest BCUT2D eigenvalue weighted by molar-refractivity contribution is 7.15. The Kier molecular flexibility index (Phi) is 4.63. The third kappa shape index (κ3) is 4.01. The molecule has 0 spiro atoms. The Morgan fingerprint density at radius 3 is 2.56 bits per heavy atom. The Morgan fingerprint density at radius 1 is 1.22 bits per heavy atom. The van der Waals surface area contributed by atoms with Crippen LogP contribution in [0, 0.1) is 11.6 Å². The number of nitrogens with zero attached hydrogens (tertiary/aromatic N) is 1. The fourth-order valence-electron chi connectivity index (χ4n) is 1.55. The summed E-state index contributed by atoms with van der Waals surface area (Å²) < 4.78 is 26.5. The summed E-state index contributed by atoms with van der Waals surface area (Å²) in [6.07, 6.45) is 2.17. The highest BCUT2D eigenvalue weighted by Gasteiger charge is 2.02. The minimum absolute atomic E-state index is 0.545. The van der Waals surface area contributed by atoms with Gasteiger partial charge < -0.3 is 5.32 Å². The van der Waals surface area contributed by atoms with Gasteiger partial charge in [-0.1, -0.05) is 11.6 Å². The maximum Gasteiger partial charge on any atom is 0.126 e. The van der Waals surface area contributed by atoms with E-state index in [1.165, 1.54) is 23.5 Å². The molecule has 0 unspecified atom stereocenters. The summed E-state index contributed by atoms with van der Waals surface area (Å²) in [5.41, 5.74) is 0.636. The molecular weight excluding hydrogens is 278 g/mol. The molecule has 1 N–H and O–H groups in total. The van der Waals surface area contributed by atoms with Crippen LogP contribution in [0.1, 0.15) is 10.6 Å². The van der Waals surface area contributed by atoms with Crippen LogP contribution in [0.15, 0.2) is 24.4 Å². The van der Waals surface area contributed by atoms with E-state index in [2.05, 4.69) is 10.3 Å². The molecule has 1 aromatic carbocycles. The fraction of sp³-hybridized carbons (Fsp3) is 0.250. The van der Waals surface area contributed by atoms with Gasteiger partial charge in [0.1, 0.15) is 21.0 Å². The molecule has 0 aliphatic rings. The number of rotatable bonds is 5. The lowest BCUT2D eigenvalue weighted by molar-refractivity contribution is 0.577. The SMILES string of the molecule is Fc1cc(F)cc(CCNCc2ncc(Cl)s2)c1. The summed E-state index contributed by atoms with van der Waals surface area (Å²) in [5.74, 6) is -1.09. The van der Waals surface area contributed by atoms with E-state index >= 15 is 0 Å². The van der Waals surface area contributed by atoms with Crippen LogP contribution < -0.4 is 5.32 Å². The number of hydrogen-bond donors (Lipinski definition) is 1. The molecule has 0 saturated carbocycles. The lowest BCUT2D eigenvalue weighted by atomic mass is 10.1. The molecule has 2 aromatic rings. The first-order valence-electron chi connectivity index (χ1n) is 5.39. The highest BCUT2D eigenvalue weighted by atomic mass is 35.5. The van der Waals surface area contributed by atoms with Crippen LogP contribution in [0.4, 0.5) is 8.78 Å². The Labute approximate surface area is 113 Å². The van der Waals surface area contributed by atoms with Crippen LogP contribution in [-0.4, -0.2) is 11.5 Å². The molecule has 0 amide bonds. The van der Waals surface area contributed by atoms with E-state index in [0.717, 1.165) is 11.1 Å². The van der Waals surface area contributed by atoms with Gasteiger partial charge in [-0.15, -0.1) is 11.3 Å². The number of thiazole rings is 1. The van der Waals surface area contributed by atoms with Crippen LogP contribution in [0.3, 0.4) is 0 Å². The summed E-state index contributed by atoms with van der Waals surface area (Å²) in [4.78, 5) is 4.09. The van der Waals surface area contributed by atoms with Crippen molar-refractivity contribution in [1.82, 2.24) is 10.3 Å².